The molecule has 0 aliphatic heterocycles. The van der Waals surface area contributed by atoms with Crippen LogP contribution in [0.5, 0.6) is 5.75 Å². The first kappa shape index (κ1) is 20.8. The summed E-state index contributed by atoms with van der Waals surface area (Å²) in [5.41, 5.74) is 8.24. The highest BCUT2D eigenvalue weighted by Gasteiger charge is 2.05. The maximum Gasteiger partial charge on any atom is 0.224 e. The van der Waals surface area contributed by atoms with Crippen molar-refractivity contribution in [2.45, 2.75) is 19.3 Å². The first-order valence-corrected chi connectivity index (χ1v) is 8.04. The van der Waals surface area contributed by atoms with Crippen molar-refractivity contribution in [1.82, 2.24) is 0 Å². The molecule has 2 aromatic rings. The maximum atomic E-state index is 11.9. The van der Waals surface area contributed by atoms with Crippen LogP contribution in [0, 0.1) is 0 Å². The molecule has 5 nitrogen and oxygen atoms in total. The van der Waals surface area contributed by atoms with Crippen LogP contribution in [0.1, 0.15) is 18.4 Å². The summed E-state index contributed by atoms with van der Waals surface area (Å²) in [7, 11) is 1.56. The lowest BCUT2D eigenvalue weighted by atomic mass is 10.2. The standard InChI is InChI=1S/C19H24N2O3.ClH/c1-23-18-10-9-16(14-17(18)20)21-19(22)8-5-12-24-13-11-15-6-3-2-4-7-15;/h2-4,6-7,9-10,14H,5,8,11-13,20H2,1H3,(H,21,22);1H. The second kappa shape index (κ2) is 11.3. The zero-order valence-electron chi connectivity index (χ0n) is 14.4. The molecule has 6 heteroatoms. The van der Waals surface area contributed by atoms with Gasteiger partial charge in [-0.1, -0.05) is 30.3 Å². The van der Waals surface area contributed by atoms with Gasteiger partial charge in [-0.3, -0.25) is 4.79 Å². The summed E-state index contributed by atoms with van der Waals surface area (Å²) in [6.07, 6.45) is 1.99. The van der Waals surface area contributed by atoms with Crippen LogP contribution in [0.25, 0.3) is 0 Å². The quantitative estimate of drug-likeness (QED) is 0.526. The van der Waals surface area contributed by atoms with Gasteiger partial charge in [0.2, 0.25) is 5.91 Å². The number of methoxy groups -OCH3 is 1. The Labute approximate surface area is 154 Å². The summed E-state index contributed by atoms with van der Waals surface area (Å²) in [4.78, 5) is 11.9. The molecule has 0 unspecified atom stereocenters. The molecule has 3 N–H and O–H groups in total. The lowest BCUT2D eigenvalue weighted by Gasteiger charge is -2.09. The van der Waals surface area contributed by atoms with Crippen molar-refractivity contribution in [2.75, 3.05) is 31.4 Å². The average Bonchev–Trinajstić information content (AvgIpc) is 2.59. The van der Waals surface area contributed by atoms with Crippen LogP contribution in [-0.4, -0.2) is 26.2 Å². The zero-order valence-corrected chi connectivity index (χ0v) is 15.2. The van der Waals surface area contributed by atoms with E-state index in [0.717, 1.165) is 6.42 Å². The van der Waals surface area contributed by atoms with Crippen molar-refractivity contribution < 1.29 is 14.3 Å². The third-order valence-electron chi connectivity index (χ3n) is 3.58. The van der Waals surface area contributed by atoms with E-state index in [2.05, 4.69) is 17.4 Å². The molecule has 0 aliphatic carbocycles. The number of nitrogen functional groups attached to an aromatic ring is 1. The highest BCUT2D eigenvalue weighted by molar-refractivity contribution is 5.91. The molecule has 0 atom stereocenters. The van der Waals surface area contributed by atoms with Crippen LogP contribution in [0.15, 0.2) is 48.5 Å². The number of hydrogen-bond acceptors (Lipinski definition) is 4. The Balaban J connectivity index is 0.00000312. The fraction of sp³-hybridized carbons (Fsp3) is 0.316. The Hall–Kier alpha value is -2.24. The molecule has 0 saturated carbocycles. The summed E-state index contributed by atoms with van der Waals surface area (Å²) in [5, 5.41) is 2.82. The van der Waals surface area contributed by atoms with Gasteiger partial charge in [0.25, 0.3) is 0 Å². The number of ether oxygens (including phenoxy) is 2. The predicted molar refractivity (Wildman–Crippen MR) is 103 cm³/mol. The number of nitrogens with two attached hydrogens (primary N) is 1. The minimum atomic E-state index is -0.0498. The Morgan fingerprint density at radius 3 is 2.56 bits per heavy atom. The van der Waals surface area contributed by atoms with E-state index >= 15 is 0 Å². The minimum absolute atomic E-state index is 0. The Morgan fingerprint density at radius 1 is 1.12 bits per heavy atom. The smallest absolute Gasteiger partial charge is 0.224 e. The van der Waals surface area contributed by atoms with Gasteiger partial charge in [-0.25, -0.2) is 0 Å². The molecule has 0 fully saturated rings. The van der Waals surface area contributed by atoms with Gasteiger partial charge < -0.3 is 20.5 Å². The third kappa shape index (κ3) is 7.45. The van der Waals surface area contributed by atoms with Gasteiger partial charge in [-0.15, -0.1) is 12.4 Å². The Kier molecular flexibility index (Phi) is 9.43. The molecule has 0 aliphatic rings. The van der Waals surface area contributed by atoms with E-state index < -0.39 is 0 Å². The molecule has 136 valence electrons. The lowest BCUT2D eigenvalue weighted by Crippen LogP contribution is -2.12. The molecule has 0 spiro atoms. The van der Waals surface area contributed by atoms with Gasteiger partial charge in [0.05, 0.1) is 19.4 Å². The molecule has 1 amide bonds. The molecular formula is C19H25ClN2O3. The van der Waals surface area contributed by atoms with E-state index in [1.165, 1.54) is 5.56 Å². The van der Waals surface area contributed by atoms with Crippen LogP contribution >= 0.6 is 12.4 Å². The molecule has 0 saturated heterocycles. The van der Waals surface area contributed by atoms with Crippen LogP contribution in [0.4, 0.5) is 11.4 Å². The van der Waals surface area contributed by atoms with Gasteiger partial charge in [0.1, 0.15) is 5.75 Å². The van der Waals surface area contributed by atoms with Crippen molar-refractivity contribution in [3.63, 3.8) is 0 Å². The van der Waals surface area contributed by atoms with Crippen LogP contribution in [-0.2, 0) is 16.0 Å². The second-order valence-corrected chi connectivity index (χ2v) is 5.46. The van der Waals surface area contributed by atoms with E-state index in [0.29, 0.717) is 43.2 Å². The van der Waals surface area contributed by atoms with Gasteiger partial charge in [0, 0.05) is 18.7 Å². The van der Waals surface area contributed by atoms with E-state index in [4.69, 9.17) is 15.2 Å². The SMILES string of the molecule is COc1ccc(NC(=O)CCCOCCc2ccccc2)cc1N.Cl. The highest BCUT2D eigenvalue weighted by atomic mass is 35.5. The number of benzene rings is 2. The number of nitrogens with one attached hydrogen (secondary N) is 1. The lowest BCUT2D eigenvalue weighted by molar-refractivity contribution is -0.116. The highest BCUT2D eigenvalue weighted by Crippen LogP contribution is 2.24. The Bertz CT molecular complexity index is 650. The van der Waals surface area contributed by atoms with E-state index in [9.17, 15) is 4.79 Å². The van der Waals surface area contributed by atoms with Crippen molar-refractivity contribution in [2.24, 2.45) is 0 Å². The molecule has 2 aromatic carbocycles. The monoisotopic (exact) mass is 364 g/mol. The first-order chi connectivity index (χ1) is 11.7. The van der Waals surface area contributed by atoms with Crippen molar-refractivity contribution in [3.05, 3.63) is 54.1 Å². The summed E-state index contributed by atoms with van der Waals surface area (Å²) in [6.45, 7) is 1.24. The van der Waals surface area contributed by atoms with Gasteiger partial charge in [0.15, 0.2) is 0 Å². The fourth-order valence-corrected chi connectivity index (χ4v) is 2.31. The zero-order chi connectivity index (χ0) is 17.2. The maximum absolute atomic E-state index is 11.9. The summed E-state index contributed by atoms with van der Waals surface area (Å²) < 4.78 is 10.7. The van der Waals surface area contributed by atoms with Crippen LogP contribution in [0.3, 0.4) is 0 Å². The molecule has 2 rings (SSSR count). The van der Waals surface area contributed by atoms with Crippen LogP contribution < -0.4 is 15.8 Å². The van der Waals surface area contributed by atoms with Gasteiger partial charge in [-0.05, 0) is 36.6 Å². The van der Waals surface area contributed by atoms with Gasteiger partial charge >= 0.3 is 0 Å². The third-order valence-corrected chi connectivity index (χ3v) is 3.58. The number of halogens is 1. The van der Waals surface area contributed by atoms with E-state index in [-0.39, 0.29) is 18.3 Å². The summed E-state index contributed by atoms with van der Waals surface area (Å²) in [5.74, 6) is 0.547. The van der Waals surface area contributed by atoms with E-state index in [1.807, 2.05) is 18.2 Å². The molecule has 0 bridgehead atoms. The Morgan fingerprint density at radius 2 is 1.88 bits per heavy atom. The second-order valence-electron chi connectivity index (χ2n) is 5.46. The number of carbonyl (C=O) groups is 1. The van der Waals surface area contributed by atoms with Crippen LogP contribution in [0.2, 0.25) is 0 Å². The largest absolute Gasteiger partial charge is 0.495 e. The normalized spacial score (nSPS) is 9.96. The number of hydrogen-bond donors (Lipinski definition) is 2. The average molecular weight is 365 g/mol. The molecule has 0 heterocycles. The molecular weight excluding hydrogens is 340 g/mol. The van der Waals surface area contributed by atoms with Crippen molar-refractivity contribution in [1.29, 1.82) is 0 Å². The number of anilines is 2. The number of amides is 1. The number of rotatable bonds is 9. The van der Waals surface area contributed by atoms with Gasteiger partial charge in [-0.2, -0.15) is 0 Å². The topological polar surface area (TPSA) is 73.6 Å². The first-order valence-electron chi connectivity index (χ1n) is 8.04. The predicted octanol–water partition coefficient (Wildman–Crippen LogP) is 3.68. The van der Waals surface area contributed by atoms with E-state index in [1.54, 1.807) is 25.3 Å². The fourth-order valence-electron chi connectivity index (χ4n) is 2.31. The number of carbonyl (C=O) groups excluding carboxylic acids is 1. The summed E-state index contributed by atoms with van der Waals surface area (Å²) in [6, 6.07) is 15.4. The summed E-state index contributed by atoms with van der Waals surface area (Å²) >= 11 is 0. The minimum Gasteiger partial charge on any atom is -0.495 e. The van der Waals surface area contributed by atoms with Crippen molar-refractivity contribution in [3.8, 4) is 5.75 Å². The molecule has 0 radical (unpaired) electrons. The molecule has 0 aromatic heterocycles. The molecule has 25 heavy (non-hydrogen) atoms. The van der Waals surface area contributed by atoms with Crippen molar-refractivity contribution >= 4 is 29.7 Å².